The van der Waals surface area contributed by atoms with E-state index in [1.54, 1.807) is 0 Å². The monoisotopic (exact) mass is 290 g/mol. The van der Waals surface area contributed by atoms with Gasteiger partial charge < -0.3 is 0 Å². The van der Waals surface area contributed by atoms with Crippen LogP contribution < -0.4 is 0 Å². The van der Waals surface area contributed by atoms with Gasteiger partial charge in [0.05, 0.1) is 30.7 Å². The molecule has 0 saturated carbocycles. The zero-order valence-corrected chi connectivity index (χ0v) is 10.6. The summed E-state index contributed by atoms with van der Waals surface area (Å²) < 4.78 is 0. The Hall–Kier alpha value is 0.340. The fraction of sp³-hybridized carbons (Fsp3) is 0.125. The van der Waals surface area contributed by atoms with Crippen molar-refractivity contribution in [3.8, 4) is 0 Å². The van der Waals surface area contributed by atoms with Crippen LogP contribution in [0.15, 0.2) is 0 Å². The molecule has 0 N–H and O–H groups in total. The van der Waals surface area contributed by atoms with Gasteiger partial charge in [0.25, 0.3) is 0 Å². The first-order valence-corrected chi connectivity index (χ1v) is 5.29. The van der Waals surface area contributed by atoms with E-state index in [-0.39, 0.29) is 36.5 Å². The summed E-state index contributed by atoms with van der Waals surface area (Å²) in [5, 5.41) is 0.173. The Balaban J connectivity index is 3.68. The van der Waals surface area contributed by atoms with Gasteiger partial charge in [-0.15, -0.1) is 0 Å². The maximum absolute atomic E-state index is 11.2. The van der Waals surface area contributed by atoms with Crippen molar-refractivity contribution in [3.05, 3.63) is 30.7 Å². The van der Waals surface area contributed by atoms with Gasteiger partial charge in [-0.3, -0.25) is 4.79 Å². The van der Waals surface area contributed by atoms with Crippen LogP contribution in [0.5, 0.6) is 0 Å². The van der Waals surface area contributed by atoms with Gasteiger partial charge in [0, 0.05) is 0 Å². The van der Waals surface area contributed by atoms with Crippen molar-refractivity contribution >= 4 is 63.8 Å². The number of benzene rings is 1. The minimum absolute atomic E-state index is 0.0265. The molecule has 0 unspecified atom stereocenters. The van der Waals surface area contributed by atoms with Crippen LogP contribution in [0.2, 0.25) is 25.1 Å². The molecule has 0 saturated heterocycles. The van der Waals surface area contributed by atoms with Crippen molar-refractivity contribution < 1.29 is 4.79 Å². The molecule has 1 aromatic rings. The number of ketones is 1. The van der Waals surface area contributed by atoms with E-state index >= 15 is 0 Å². The molecule has 0 bridgehead atoms. The molecule has 0 aliphatic heterocycles. The molecule has 14 heavy (non-hydrogen) atoms. The number of hydrogen-bond donors (Lipinski definition) is 0. The van der Waals surface area contributed by atoms with E-state index in [1.165, 1.54) is 6.92 Å². The number of halogens is 5. The average molecular weight is 292 g/mol. The van der Waals surface area contributed by atoms with E-state index in [9.17, 15) is 4.79 Å². The minimum atomic E-state index is -0.319. The van der Waals surface area contributed by atoms with Crippen LogP contribution in [0.3, 0.4) is 0 Å². The van der Waals surface area contributed by atoms with E-state index < -0.39 is 0 Å². The van der Waals surface area contributed by atoms with Crippen LogP contribution in [0, 0.1) is 0 Å². The van der Waals surface area contributed by atoms with Gasteiger partial charge >= 0.3 is 0 Å². The third-order valence-corrected chi connectivity index (χ3v) is 3.84. The van der Waals surface area contributed by atoms with Crippen molar-refractivity contribution in [2.45, 2.75) is 6.92 Å². The lowest BCUT2D eigenvalue weighted by atomic mass is 10.1. The fourth-order valence-electron chi connectivity index (χ4n) is 0.914. The molecule has 76 valence electrons. The molecule has 0 amide bonds. The van der Waals surface area contributed by atoms with Crippen LogP contribution in [0.25, 0.3) is 0 Å². The largest absolute Gasteiger partial charge is 0.294 e. The zero-order chi connectivity index (χ0) is 11.0. The van der Waals surface area contributed by atoms with E-state index in [2.05, 4.69) is 0 Å². The first-order valence-electron chi connectivity index (χ1n) is 3.40. The average Bonchev–Trinajstić information content (AvgIpc) is 2.11. The van der Waals surface area contributed by atoms with Crippen LogP contribution in [-0.2, 0) is 0 Å². The normalized spacial score (nSPS) is 10.4. The molecule has 0 spiro atoms. The molecule has 1 aromatic carbocycles. The Morgan fingerprint density at radius 1 is 0.786 bits per heavy atom. The molecule has 0 heterocycles. The van der Waals surface area contributed by atoms with E-state index in [1.807, 2.05) is 0 Å². The number of carbonyl (C=O) groups excluding carboxylic acids is 1. The number of hydrogen-bond acceptors (Lipinski definition) is 1. The highest BCUT2D eigenvalue weighted by Crippen LogP contribution is 2.43. The Morgan fingerprint density at radius 2 is 1.07 bits per heavy atom. The molecule has 1 nitrogen and oxygen atoms in total. The molecule has 1 rings (SSSR count). The van der Waals surface area contributed by atoms with Gasteiger partial charge in [0.2, 0.25) is 0 Å². The Labute approximate surface area is 106 Å². The van der Waals surface area contributed by atoms with Gasteiger partial charge in [0.1, 0.15) is 0 Å². The standard InChI is InChI=1S/C8H3Cl5O/c1-2(14)3-4(9)6(11)8(13)7(12)5(3)10/h1H3. The Kier molecular flexibility index (Phi) is 3.95. The third-order valence-electron chi connectivity index (χ3n) is 1.56. The molecular weight excluding hydrogens is 289 g/mol. The predicted octanol–water partition coefficient (Wildman–Crippen LogP) is 5.16. The number of rotatable bonds is 1. The Morgan fingerprint density at radius 3 is 1.36 bits per heavy atom. The van der Waals surface area contributed by atoms with E-state index in [4.69, 9.17) is 58.0 Å². The van der Waals surface area contributed by atoms with Gasteiger partial charge in [-0.05, 0) is 6.92 Å². The first kappa shape index (κ1) is 12.4. The smallest absolute Gasteiger partial charge is 0.162 e. The van der Waals surface area contributed by atoms with Crippen molar-refractivity contribution in [1.29, 1.82) is 0 Å². The van der Waals surface area contributed by atoms with Crippen molar-refractivity contribution in [3.63, 3.8) is 0 Å². The molecule has 6 heteroatoms. The summed E-state index contributed by atoms with van der Waals surface area (Å²) in [5.74, 6) is -0.319. The summed E-state index contributed by atoms with van der Waals surface area (Å²) in [6.07, 6.45) is 0. The third kappa shape index (κ3) is 1.98. The summed E-state index contributed by atoms with van der Waals surface area (Å²) in [6, 6.07) is 0. The maximum Gasteiger partial charge on any atom is 0.162 e. The molecular formula is C8H3Cl5O. The molecule has 0 aromatic heterocycles. The summed E-state index contributed by atoms with van der Waals surface area (Å²) in [7, 11) is 0. The summed E-state index contributed by atoms with van der Waals surface area (Å²) in [6.45, 7) is 1.31. The van der Waals surface area contributed by atoms with Crippen LogP contribution in [0.1, 0.15) is 17.3 Å². The van der Waals surface area contributed by atoms with Crippen LogP contribution >= 0.6 is 58.0 Å². The predicted molar refractivity (Wildman–Crippen MR) is 61.5 cm³/mol. The van der Waals surface area contributed by atoms with Crippen LogP contribution in [0.4, 0.5) is 0 Å². The lowest BCUT2D eigenvalue weighted by molar-refractivity contribution is 0.101. The zero-order valence-electron chi connectivity index (χ0n) is 6.80. The second-order valence-electron chi connectivity index (χ2n) is 2.50. The molecule has 0 atom stereocenters. The van der Waals surface area contributed by atoms with Gasteiger partial charge in [0.15, 0.2) is 5.78 Å². The first-order chi connectivity index (χ1) is 6.37. The van der Waals surface area contributed by atoms with Gasteiger partial charge in [-0.25, -0.2) is 0 Å². The summed E-state index contributed by atoms with van der Waals surface area (Å²) >= 11 is 28.8. The topological polar surface area (TPSA) is 17.1 Å². The lowest BCUT2D eigenvalue weighted by Crippen LogP contribution is -1.97. The maximum atomic E-state index is 11.2. The van der Waals surface area contributed by atoms with E-state index in [0.29, 0.717) is 0 Å². The SMILES string of the molecule is CC(=O)c1c(Cl)c(Cl)c(Cl)c(Cl)c1Cl. The van der Waals surface area contributed by atoms with Crippen molar-refractivity contribution in [2.75, 3.05) is 0 Å². The van der Waals surface area contributed by atoms with Crippen LogP contribution in [-0.4, -0.2) is 5.78 Å². The quantitative estimate of drug-likeness (QED) is 0.397. The highest BCUT2D eigenvalue weighted by Gasteiger charge is 2.21. The fourth-order valence-corrected chi connectivity index (χ4v) is 2.32. The second kappa shape index (κ2) is 4.46. The molecule has 0 aliphatic carbocycles. The highest BCUT2D eigenvalue weighted by atomic mass is 35.5. The Bertz CT molecular complexity index is 384. The molecule has 0 fully saturated rings. The van der Waals surface area contributed by atoms with Gasteiger partial charge in [-0.1, -0.05) is 58.0 Å². The van der Waals surface area contributed by atoms with Gasteiger partial charge in [-0.2, -0.15) is 0 Å². The molecule has 0 aliphatic rings. The van der Waals surface area contributed by atoms with Crippen molar-refractivity contribution in [2.24, 2.45) is 0 Å². The second-order valence-corrected chi connectivity index (χ2v) is 4.39. The summed E-state index contributed by atoms with van der Waals surface area (Å²) in [4.78, 5) is 11.2. The highest BCUT2D eigenvalue weighted by molar-refractivity contribution is 6.56. The van der Waals surface area contributed by atoms with Crippen molar-refractivity contribution in [1.82, 2.24) is 0 Å². The molecule has 0 radical (unpaired) electrons. The van der Waals surface area contributed by atoms with E-state index in [0.717, 1.165) is 0 Å². The lowest BCUT2D eigenvalue weighted by Gasteiger charge is -2.09. The number of Topliss-reactive ketones (excluding diaryl/α,β-unsaturated/α-hetero) is 1. The number of carbonyl (C=O) groups is 1. The minimum Gasteiger partial charge on any atom is -0.294 e. The summed E-state index contributed by atoms with van der Waals surface area (Å²) in [5.41, 5.74) is 0.0905.